The fourth-order valence-corrected chi connectivity index (χ4v) is 6.35. The molecule has 0 N–H and O–H groups in total. The lowest BCUT2D eigenvalue weighted by molar-refractivity contribution is 0.660. The van der Waals surface area contributed by atoms with Crippen molar-refractivity contribution in [3.8, 4) is 45.3 Å². The van der Waals surface area contributed by atoms with Crippen molar-refractivity contribution in [2.45, 2.75) is 19.3 Å². The summed E-state index contributed by atoms with van der Waals surface area (Å²) in [6, 6.07) is 44.9. The van der Waals surface area contributed by atoms with E-state index in [0.717, 1.165) is 27.5 Å². The average molecular weight is 526 g/mol. The van der Waals surface area contributed by atoms with Gasteiger partial charge in [0.15, 0.2) is 17.5 Å². The lowest BCUT2D eigenvalue weighted by Crippen LogP contribution is -2.14. The average Bonchev–Trinajstić information content (AvgIpc) is 3.27. The van der Waals surface area contributed by atoms with Gasteiger partial charge in [0.25, 0.3) is 0 Å². The smallest absolute Gasteiger partial charge is 0.164 e. The lowest BCUT2D eigenvalue weighted by Gasteiger charge is -2.21. The van der Waals surface area contributed by atoms with Crippen molar-refractivity contribution in [3.63, 3.8) is 0 Å². The van der Waals surface area contributed by atoms with E-state index in [9.17, 15) is 0 Å². The van der Waals surface area contributed by atoms with Crippen LogP contribution in [0.2, 0.25) is 0 Å². The molecular formula is C38H27N3. The van der Waals surface area contributed by atoms with Gasteiger partial charge in [0.2, 0.25) is 0 Å². The van der Waals surface area contributed by atoms with Crippen LogP contribution in [0.4, 0.5) is 0 Å². The van der Waals surface area contributed by atoms with E-state index in [2.05, 4.69) is 141 Å². The predicted octanol–water partition coefficient (Wildman–Crippen LogP) is 9.49. The normalized spacial score (nSPS) is 13.3. The second kappa shape index (κ2) is 8.94. The van der Waals surface area contributed by atoms with E-state index in [1.165, 1.54) is 33.0 Å². The minimum absolute atomic E-state index is 0.0999. The van der Waals surface area contributed by atoms with E-state index in [0.29, 0.717) is 17.5 Å². The maximum absolute atomic E-state index is 5.14. The summed E-state index contributed by atoms with van der Waals surface area (Å²) in [7, 11) is 0. The molecule has 0 atom stereocenters. The second-order valence-electron chi connectivity index (χ2n) is 11.3. The molecule has 41 heavy (non-hydrogen) atoms. The summed E-state index contributed by atoms with van der Waals surface area (Å²) < 4.78 is 0. The topological polar surface area (TPSA) is 38.7 Å². The van der Waals surface area contributed by atoms with Crippen LogP contribution >= 0.6 is 0 Å². The van der Waals surface area contributed by atoms with E-state index in [4.69, 9.17) is 15.0 Å². The SMILES string of the molecule is CC1(C)c2ccccc2-c2c(-c3nc(-c4ccc5ccccc5c4)nc(-c4ccc5ccccc5c4)n3)cccc21. The Morgan fingerprint density at radius 1 is 0.415 bits per heavy atom. The van der Waals surface area contributed by atoms with Crippen molar-refractivity contribution in [2.75, 3.05) is 0 Å². The molecule has 0 spiro atoms. The quantitative estimate of drug-likeness (QED) is 0.231. The van der Waals surface area contributed by atoms with Crippen LogP contribution in [0.5, 0.6) is 0 Å². The van der Waals surface area contributed by atoms with E-state index < -0.39 is 0 Å². The van der Waals surface area contributed by atoms with Gasteiger partial charge in [0, 0.05) is 22.1 Å². The summed E-state index contributed by atoms with van der Waals surface area (Å²) in [6.07, 6.45) is 0. The van der Waals surface area contributed by atoms with Crippen LogP contribution in [0.1, 0.15) is 25.0 Å². The predicted molar refractivity (Wildman–Crippen MR) is 169 cm³/mol. The number of rotatable bonds is 3. The first-order chi connectivity index (χ1) is 20.1. The van der Waals surface area contributed by atoms with Gasteiger partial charge in [-0.05, 0) is 55.9 Å². The molecule has 0 amide bonds. The molecule has 1 aliphatic rings. The van der Waals surface area contributed by atoms with Crippen LogP contribution in [-0.4, -0.2) is 15.0 Å². The molecule has 1 aromatic heterocycles. The fraction of sp³-hybridized carbons (Fsp3) is 0.0789. The molecule has 0 saturated heterocycles. The molecule has 3 nitrogen and oxygen atoms in total. The highest BCUT2D eigenvalue weighted by Gasteiger charge is 2.37. The van der Waals surface area contributed by atoms with Gasteiger partial charge >= 0.3 is 0 Å². The summed E-state index contributed by atoms with van der Waals surface area (Å²) in [5.74, 6) is 2.04. The maximum atomic E-state index is 5.14. The molecule has 194 valence electrons. The minimum atomic E-state index is -0.0999. The highest BCUT2D eigenvalue weighted by atomic mass is 15.0. The van der Waals surface area contributed by atoms with Crippen molar-refractivity contribution in [1.82, 2.24) is 15.0 Å². The largest absolute Gasteiger partial charge is 0.208 e. The highest BCUT2D eigenvalue weighted by Crippen LogP contribution is 2.51. The van der Waals surface area contributed by atoms with Gasteiger partial charge in [0.05, 0.1) is 0 Å². The van der Waals surface area contributed by atoms with Gasteiger partial charge in [-0.15, -0.1) is 0 Å². The Morgan fingerprint density at radius 2 is 0.902 bits per heavy atom. The Labute approximate surface area is 239 Å². The number of benzene rings is 6. The van der Waals surface area contributed by atoms with Crippen LogP contribution in [0.15, 0.2) is 127 Å². The molecule has 1 heterocycles. The first-order valence-electron chi connectivity index (χ1n) is 14.0. The molecule has 6 aromatic carbocycles. The molecule has 0 unspecified atom stereocenters. The molecule has 0 saturated carbocycles. The molecule has 8 rings (SSSR count). The van der Waals surface area contributed by atoms with Gasteiger partial charge in [-0.25, -0.2) is 15.0 Å². The molecule has 0 radical (unpaired) electrons. The van der Waals surface area contributed by atoms with Crippen molar-refractivity contribution in [2.24, 2.45) is 0 Å². The first-order valence-corrected chi connectivity index (χ1v) is 14.0. The molecule has 3 heteroatoms. The molecule has 0 fully saturated rings. The van der Waals surface area contributed by atoms with Crippen LogP contribution in [0.25, 0.3) is 66.8 Å². The van der Waals surface area contributed by atoms with Crippen molar-refractivity contribution < 1.29 is 0 Å². The number of hydrogen-bond acceptors (Lipinski definition) is 3. The van der Waals surface area contributed by atoms with Crippen LogP contribution < -0.4 is 0 Å². The molecular weight excluding hydrogens is 498 g/mol. The number of fused-ring (bicyclic) bond motifs is 5. The Hall–Kier alpha value is -5.15. The second-order valence-corrected chi connectivity index (χ2v) is 11.3. The third-order valence-electron chi connectivity index (χ3n) is 8.50. The van der Waals surface area contributed by atoms with E-state index >= 15 is 0 Å². The number of aromatic nitrogens is 3. The van der Waals surface area contributed by atoms with E-state index in [-0.39, 0.29) is 5.41 Å². The summed E-state index contributed by atoms with van der Waals surface area (Å²) in [5, 5.41) is 4.71. The van der Waals surface area contributed by atoms with Crippen LogP contribution in [0.3, 0.4) is 0 Å². The monoisotopic (exact) mass is 525 g/mol. The minimum Gasteiger partial charge on any atom is -0.208 e. The van der Waals surface area contributed by atoms with Gasteiger partial charge < -0.3 is 0 Å². The maximum Gasteiger partial charge on any atom is 0.164 e. The molecule has 0 bridgehead atoms. The van der Waals surface area contributed by atoms with E-state index in [1.807, 2.05) is 0 Å². The first kappa shape index (κ1) is 23.7. The molecule has 1 aliphatic carbocycles. The van der Waals surface area contributed by atoms with E-state index in [1.54, 1.807) is 0 Å². The van der Waals surface area contributed by atoms with Crippen molar-refractivity contribution in [1.29, 1.82) is 0 Å². The van der Waals surface area contributed by atoms with Gasteiger partial charge in [-0.3, -0.25) is 0 Å². The van der Waals surface area contributed by atoms with Crippen molar-refractivity contribution >= 4 is 21.5 Å². The lowest BCUT2D eigenvalue weighted by atomic mass is 9.82. The van der Waals surface area contributed by atoms with Gasteiger partial charge in [0.1, 0.15) is 0 Å². The third-order valence-corrected chi connectivity index (χ3v) is 8.50. The van der Waals surface area contributed by atoms with Crippen LogP contribution in [0, 0.1) is 0 Å². The highest BCUT2D eigenvalue weighted by molar-refractivity contribution is 5.92. The van der Waals surface area contributed by atoms with Crippen molar-refractivity contribution in [3.05, 3.63) is 139 Å². The summed E-state index contributed by atoms with van der Waals surface area (Å²) >= 11 is 0. The zero-order valence-electron chi connectivity index (χ0n) is 23.0. The summed E-state index contributed by atoms with van der Waals surface area (Å²) in [6.45, 7) is 4.60. The fourth-order valence-electron chi connectivity index (χ4n) is 6.35. The third kappa shape index (κ3) is 3.77. The summed E-state index contributed by atoms with van der Waals surface area (Å²) in [4.78, 5) is 15.3. The zero-order chi connectivity index (χ0) is 27.6. The van der Waals surface area contributed by atoms with Crippen LogP contribution in [-0.2, 0) is 5.41 Å². The van der Waals surface area contributed by atoms with Gasteiger partial charge in [-0.1, -0.05) is 129 Å². The summed E-state index contributed by atoms with van der Waals surface area (Å²) in [5.41, 5.74) is 7.99. The zero-order valence-corrected chi connectivity index (χ0v) is 23.0. The number of hydrogen-bond donors (Lipinski definition) is 0. The Bertz CT molecular complexity index is 2040. The standard InChI is InChI=1S/C38H27N3/c1-38(2)32-16-8-7-14-30(32)34-31(15-9-17-33(34)38)37-40-35(28-20-18-24-10-3-5-12-26(24)22-28)39-36(41-37)29-21-19-25-11-4-6-13-27(25)23-29/h3-23H,1-2H3. The Kier molecular flexibility index (Phi) is 5.17. The van der Waals surface area contributed by atoms with Gasteiger partial charge in [-0.2, -0.15) is 0 Å². The Morgan fingerprint density at radius 3 is 1.54 bits per heavy atom. The Balaban J connectivity index is 1.39. The number of nitrogens with zero attached hydrogens (tertiary/aromatic N) is 3. The molecule has 0 aliphatic heterocycles. The molecule has 7 aromatic rings.